The molecule has 0 aromatic carbocycles. The maximum Gasteiger partial charge on any atom is 0.349 e. The normalized spacial score (nSPS) is 8.80. The monoisotopic (exact) mass is 141 g/mol. The molecule has 0 atom stereocenters. The molecule has 0 saturated heterocycles. The fourth-order valence-corrected chi connectivity index (χ4v) is 0.492. The summed E-state index contributed by atoms with van der Waals surface area (Å²) >= 11 is 0. The minimum absolute atomic E-state index is 0.344. The van der Waals surface area contributed by atoms with E-state index in [9.17, 15) is 9.59 Å². The SMILES string of the molecule is O=C=Nn1cc(O)[nH]c1=O. The Morgan fingerprint density at radius 1 is 1.80 bits per heavy atom. The smallest absolute Gasteiger partial charge is 0.349 e. The van der Waals surface area contributed by atoms with E-state index < -0.39 is 5.69 Å². The van der Waals surface area contributed by atoms with E-state index in [-0.39, 0.29) is 5.88 Å². The van der Waals surface area contributed by atoms with E-state index in [2.05, 4.69) is 5.10 Å². The predicted molar refractivity (Wildman–Crippen MR) is 30.2 cm³/mol. The lowest BCUT2D eigenvalue weighted by Gasteiger charge is -1.77. The van der Waals surface area contributed by atoms with Crippen molar-refractivity contribution in [1.82, 2.24) is 9.66 Å². The second kappa shape index (κ2) is 2.20. The van der Waals surface area contributed by atoms with E-state index in [1.165, 1.54) is 0 Å². The summed E-state index contributed by atoms with van der Waals surface area (Å²) < 4.78 is 0.641. The minimum atomic E-state index is -0.680. The van der Waals surface area contributed by atoms with E-state index in [1.54, 1.807) is 0 Å². The highest BCUT2D eigenvalue weighted by atomic mass is 16.3. The van der Waals surface area contributed by atoms with Crippen LogP contribution in [0.4, 0.5) is 0 Å². The third kappa shape index (κ3) is 0.958. The van der Waals surface area contributed by atoms with Crippen molar-refractivity contribution in [2.24, 2.45) is 5.10 Å². The second-order valence-electron chi connectivity index (χ2n) is 1.48. The number of rotatable bonds is 1. The maximum atomic E-state index is 10.5. The van der Waals surface area contributed by atoms with Crippen LogP contribution in [0.2, 0.25) is 0 Å². The summed E-state index contributed by atoms with van der Waals surface area (Å²) in [7, 11) is 0. The van der Waals surface area contributed by atoms with Crippen LogP contribution >= 0.6 is 0 Å². The van der Waals surface area contributed by atoms with E-state index in [0.717, 1.165) is 12.3 Å². The van der Waals surface area contributed by atoms with Crippen LogP contribution in [0.25, 0.3) is 0 Å². The number of nitrogens with one attached hydrogen (secondary N) is 1. The molecule has 1 rings (SSSR count). The molecule has 6 heteroatoms. The molecular weight excluding hydrogens is 138 g/mol. The Labute approximate surface area is 54.4 Å². The largest absolute Gasteiger partial charge is 0.493 e. The first kappa shape index (κ1) is 6.31. The highest BCUT2D eigenvalue weighted by molar-refractivity contribution is 5.32. The molecule has 0 aliphatic carbocycles. The molecule has 6 nitrogen and oxygen atoms in total. The summed E-state index contributed by atoms with van der Waals surface area (Å²) in [6.07, 6.45) is 2.11. The molecular formula is C4H3N3O3. The van der Waals surface area contributed by atoms with Crippen molar-refractivity contribution in [3.05, 3.63) is 16.7 Å². The topological polar surface area (TPSA) is 87.4 Å². The third-order valence-corrected chi connectivity index (χ3v) is 0.836. The van der Waals surface area contributed by atoms with Gasteiger partial charge in [-0.3, -0.25) is 4.98 Å². The van der Waals surface area contributed by atoms with Crippen LogP contribution in [-0.2, 0) is 4.79 Å². The molecule has 1 aromatic heterocycles. The van der Waals surface area contributed by atoms with Gasteiger partial charge in [0, 0.05) is 0 Å². The van der Waals surface area contributed by atoms with Gasteiger partial charge in [-0.2, -0.15) is 4.68 Å². The first-order valence-electron chi connectivity index (χ1n) is 2.33. The summed E-state index contributed by atoms with van der Waals surface area (Å²) in [6, 6.07) is 0. The number of hydrogen-bond acceptors (Lipinski definition) is 4. The molecule has 0 radical (unpaired) electrons. The van der Waals surface area contributed by atoms with Crippen LogP contribution < -0.4 is 5.69 Å². The summed E-state index contributed by atoms with van der Waals surface area (Å²) in [5.41, 5.74) is -0.680. The van der Waals surface area contributed by atoms with Crippen molar-refractivity contribution in [3.8, 4) is 5.88 Å². The fourth-order valence-electron chi connectivity index (χ4n) is 0.492. The van der Waals surface area contributed by atoms with Crippen LogP contribution in [0.15, 0.2) is 16.1 Å². The molecule has 0 spiro atoms. The number of H-pyrrole nitrogens is 1. The van der Waals surface area contributed by atoms with Crippen molar-refractivity contribution in [2.75, 3.05) is 0 Å². The summed E-state index contributed by atoms with van der Waals surface area (Å²) in [4.78, 5) is 22.1. The number of nitrogens with zero attached hydrogens (tertiary/aromatic N) is 2. The van der Waals surface area contributed by atoms with Gasteiger partial charge < -0.3 is 5.11 Å². The zero-order chi connectivity index (χ0) is 7.56. The van der Waals surface area contributed by atoms with Crippen LogP contribution in [0.3, 0.4) is 0 Å². The van der Waals surface area contributed by atoms with Gasteiger partial charge in [0.2, 0.25) is 5.88 Å². The van der Waals surface area contributed by atoms with Crippen molar-refractivity contribution in [3.63, 3.8) is 0 Å². The molecule has 1 aromatic rings. The van der Waals surface area contributed by atoms with Gasteiger partial charge in [-0.05, 0) is 0 Å². The van der Waals surface area contributed by atoms with Crippen molar-refractivity contribution in [2.45, 2.75) is 0 Å². The molecule has 0 fully saturated rings. The molecule has 0 bridgehead atoms. The minimum Gasteiger partial charge on any atom is -0.493 e. The third-order valence-electron chi connectivity index (χ3n) is 0.836. The molecule has 10 heavy (non-hydrogen) atoms. The zero-order valence-electron chi connectivity index (χ0n) is 4.74. The Balaban J connectivity index is 3.28. The predicted octanol–water partition coefficient (Wildman–Crippen LogP) is -1.02. The van der Waals surface area contributed by atoms with Gasteiger partial charge in [0.25, 0.3) is 6.08 Å². The van der Waals surface area contributed by atoms with Gasteiger partial charge >= 0.3 is 5.69 Å². The van der Waals surface area contributed by atoms with Crippen LogP contribution in [0.5, 0.6) is 5.88 Å². The number of aromatic nitrogens is 2. The Hall–Kier alpha value is -1.81. The molecule has 0 aliphatic heterocycles. The average molecular weight is 141 g/mol. The zero-order valence-corrected chi connectivity index (χ0v) is 4.74. The van der Waals surface area contributed by atoms with E-state index in [0.29, 0.717) is 4.68 Å². The molecule has 52 valence electrons. The number of carbonyl (C=O) groups excluding carboxylic acids is 1. The van der Waals surface area contributed by atoms with Gasteiger partial charge in [-0.1, -0.05) is 5.10 Å². The quantitative estimate of drug-likeness (QED) is 0.387. The summed E-state index contributed by atoms with van der Waals surface area (Å²) in [5.74, 6) is -0.344. The first-order valence-corrected chi connectivity index (χ1v) is 2.33. The number of hydrogen-bond donors (Lipinski definition) is 2. The lowest BCUT2D eigenvalue weighted by Crippen LogP contribution is -2.10. The summed E-state index contributed by atoms with van der Waals surface area (Å²) in [5, 5.41) is 11.5. The number of aromatic amines is 1. The molecule has 1 heterocycles. The maximum absolute atomic E-state index is 10.5. The van der Waals surface area contributed by atoms with Gasteiger partial charge in [-0.25, -0.2) is 9.59 Å². The van der Waals surface area contributed by atoms with Gasteiger partial charge in [0.05, 0.1) is 6.20 Å². The molecule has 2 N–H and O–H groups in total. The van der Waals surface area contributed by atoms with Crippen molar-refractivity contribution < 1.29 is 9.90 Å². The average Bonchev–Trinajstić information content (AvgIpc) is 2.13. The van der Waals surface area contributed by atoms with E-state index in [1.807, 2.05) is 4.98 Å². The lowest BCUT2D eigenvalue weighted by atomic mass is 10.9. The Bertz CT molecular complexity index is 330. The van der Waals surface area contributed by atoms with Gasteiger partial charge in [0.1, 0.15) is 0 Å². The molecule has 0 unspecified atom stereocenters. The van der Waals surface area contributed by atoms with Crippen molar-refractivity contribution in [1.29, 1.82) is 0 Å². The Morgan fingerprint density at radius 3 is 2.90 bits per heavy atom. The molecule has 0 saturated carbocycles. The standard InChI is InChI=1S/C4H3N3O3/c8-2-5-7-1-3(9)6-4(7)10/h1,9H,(H,6,10). The lowest BCUT2D eigenvalue weighted by molar-refractivity contribution is 0.455. The fraction of sp³-hybridized carbons (Fsp3) is 0. The van der Waals surface area contributed by atoms with E-state index >= 15 is 0 Å². The van der Waals surface area contributed by atoms with Crippen LogP contribution in [0.1, 0.15) is 0 Å². The second-order valence-corrected chi connectivity index (χ2v) is 1.48. The van der Waals surface area contributed by atoms with Crippen LogP contribution in [0, 0.1) is 0 Å². The number of imidazole rings is 1. The number of isocyanates is 1. The number of aromatic hydroxyl groups is 1. The Kier molecular flexibility index (Phi) is 1.39. The highest BCUT2D eigenvalue weighted by Crippen LogP contribution is 1.95. The van der Waals surface area contributed by atoms with E-state index in [4.69, 9.17) is 5.11 Å². The highest BCUT2D eigenvalue weighted by Gasteiger charge is 1.96. The van der Waals surface area contributed by atoms with Crippen LogP contribution in [-0.4, -0.2) is 20.8 Å². The molecule has 0 amide bonds. The Morgan fingerprint density at radius 2 is 2.50 bits per heavy atom. The van der Waals surface area contributed by atoms with Gasteiger partial charge in [-0.15, -0.1) is 0 Å². The van der Waals surface area contributed by atoms with Crippen molar-refractivity contribution >= 4 is 6.08 Å². The summed E-state index contributed by atoms with van der Waals surface area (Å²) in [6.45, 7) is 0. The van der Waals surface area contributed by atoms with Gasteiger partial charge in [0.15, 0.2) is 0 Å². The first-order chi connectivity index (χ1) is 4.74. The molecule has 0 aliphatic rings.